The number of hydrogen-bond donors (Lipinski definition) is 6. The van der Waals surface area contributed by atoms with E-state index in [1.54, 1.807) is 48.6 Å². The van der Waals surface area contributed by atoms with Gasteiger partial charge in [-0.05, 0) is 73.2 Å². The first kappa shape index (κ1) is 47.6. The zero-order valence-corrected chi connectivity index (χ0v) is 36.7. The molecule has 13 heteroatoms. The molecular formula is C50H48CaF2N2O8. The third-order valence-corrected chi connectivity index (χ3v) is 10.9. The number of pyridine rings is 2. The Morgan fingerprint density at radius 2 is 0.921 bits per heavy atom. The largest absolute Gasteiger partial charge is 0.481 e. The number of nitrogens with zero attached hydrogens (tertiary/aromatic N) is 2. The van der Waals surface area contributed by atoms with Gasteiger partial charge in [0, 0.05) is 95.4 Å². The normalized spacial score (nSPS) is 15.7. The summed E-state index contributed by atoms with van der Waals surface area (Å²) in [7, 11) is 0. The standard InChI is InChI=1S/2C25H24FNO4.Ca/c2*26-17-9-7-15(8-10-17)24-20-3-1-2-4-22(20)27-25(16-5-6-16)21(24)12-11-18(28)13-19(29)14-23(30)31;/h2*1-4,7-12,16,18-19,28-29H,5-6,13-14H2,(H,30,31);/b2*12-11+;/t2*18-,19+;/m11./s1. The maximum absolute atomic E-state index is 13.6. The maximum Gasteiger partial charge on any atom is 0.305 e. The van der Waals surface area contributed by atoms with Crippen LogP contribution in [0, 0.1) is 11.6 Å². The topological polar surface area (TPSA) is 181 Å². The predicted octanol–water partition coefficient (Wildman–Crippen LogP) is 8.66. The molecule has 10 nitrogen and oxygen atoms in total. The Morgan fingerprint density at radius 3 is 1.25 bits per heavy atom. The molecule has 6 N–H and O–H groups in total. The molecule has 2 aromatic heterocycles. The molecule has 0 amide bonds. The van der Waals surface area contributed by atoms with Gasteiger partial charge in [-0.2, -0.15) is 0 Å². The fourth-order valence-electron chi connectivity index (χ4n) is 7.72. The number of carboxylic acids is 2. The number of para-hydroxylation sites is 2. The smallest absolute Gasteiger partial charge is 0.305 e. The summed E-state index contributed by atoms with van der Waals surface area (Å²) in [5.74, 6) is -2.20. The first-order valence-corrected chi connectivity index (χ1v) is 20.7. The summed E-state index contributed by atoms with van der Waals surface area (Å²) in [5, 5.41) is 59.8. The van der Waals surface area contributed by atoms with Gasteiger partial charge in [0.2, 0.25) is 0 Å². The maximum atomic E-state index is 13.6. The van der Waals surface area contributed by atoms with Gasteiger partial charge in [-0.25, -0.2) is 8.78 Å². The first-order valence-electron chi connectivity index (χ1n) is 20.7. The molecule has 2 heterocycles. The van der Waals surface area contributed by atoms with E-state index in [1.165, 1.54) is 24.3 Å². The minimum atomic E-state index is -1.13. The van der Waals surface area contributed by atoms with Crippen molar-refractivity contribution in [3.63, 3.8) is 0 Å². The molecule has 4 aromatic carbocycles. The second-order valence-corrected chi connectivity index (χ2v) is 16.0. The number of halogens is 2. The predicted molar refractivity (Wildman–Crippen MR) is 240 cm³/mol. The van der Waals surface area contributed by atoms with Gasteiger partial charge >= 0.3 is 11.9 Å². The number of aliphatic hydroxyl groups excluding tert-OH is 4. The molecule has 63 heavy (non-hydrogen) atoms. The Hall–Kier alpha value is -4.92. The number of aliphatic hydroxyl groups is 4. The Bertz CT molecular complexity index is 2430. The van der Waals surface area contributed by atoms with E-state index in [2.05, 4.69) is 0 Å². The van der Waals surface area contributed by atoms with Crippen molar-refractivity contribution < 1.29 is 49.0 Å². The summed E-state index contributed by atoms with van der Waals surface area (Å²) in [6.07, 6.45) is 5.60. The van der Waals surface area contributed by atoms with Gasteiger partial charge in [0.25, 0.3) is 0 Å². The Balaban J connectivity index is 0.000000206. The van der Waals surface area contributed by atoms with Crippen molar-refractivity contribution in [3.8, 4) is 22.3 Å². The molecule has 6 aromatic rings. The third kappa shape index (κ3) is 12.6. The van der Waals surface area contributed by atoms with Gasteiger partial charge in [0.15, 0.2) is 0 Å². The van der Waals surface area contributed by atoms with Crippen LogP contribution in [-0.2, 0) is 9.59 Å². The van der Waals surface area contributed by atoms with E-state index in [9.17, 15) is 38.8 Å². The van der Waals surface area contributed by atoms with Crippen LogP contribution in [-0.4, -0.2) is 115 Å². The summed E-state index contributed by atoms with van der Waals surface area (Å²) < 4.78 is 27.2. The minimum absolute atomic E-state index is 0. The molecule has 2 aliphatic rings. The molecular weight excluding hydrogens is 835 g/mol. The van der Waals surface area contributed by atoms with Crippen molar-refractivity contribution in [1.82, 2.24) is 9.97 Å². The van der Waals surface area contributed by atoms with Crippen molar-refractivity contribution >= 4 is 83.6 Å². The fraction of sp³-hybridized carbons (Fsp3) is 0.280. The number of rotatable bonds is 16. The van der Waals surface area contributed by atoms with Crippen LogP contribution in [0.5, 0.6) is 0 Å². The second kappa shape index (κ2) is 21.6. The SMILES string of the molecule is O=C(O)C[C@@H](O)C[C@H](O)/C=C/c1c(C2CC2)nc2ccccc2c1-c1ccc(F)cc1.O=C(O)C[C@@H](O)C[C@H](O)/C=C/c1c(C2CC2)nc2ccccc2c1-c1ccc(F)cc1.[Ca]. The van der Waals surface area contributed by atoms with Gasteiger partial charge in [-0.3, -0.25) is 19.6 Å². The molecule has 0 saturated heterocycles. The molecule has 0 aliphatic heterocycles. The van der Waals surface area contributed by atoms with Gasteiger partial charge in [-0.15, -0.1) is 0 Å². The fourth-order valence-corrected chi connectivity index (χ4v) is 7.72. The van der Waals surface area contributed by atoms with Crippen molar-refractivity contribution in [2.24, 2.45) is 0 Å². The van der Waals surface area contributed by atoms with E-state index < -0.39 is 49.2 Å². The summed E-state index contributed by atoms with van der Waals surface area (Å²) >= 11 is 0. The monoisotopic (exact) mass is 882 g/mol. The van der Waals surface area contributed by atoms with Crippen LogP contribution >= 0.6 is 0 Å². The molecule has 0 bridgehead atoms. The minimum Gasteiger partial charge on any atom is -0.481 e. The molecule has 4 atom stereocenters. The van der Waals surface area contributed by atoms with E-state index in [1.807, 2.05) is 48.5 Å². The summed E-state index contributed by atoms with van der Waals surface area (Å²) in [6, 6.07) is 28.2. The van der Waals surface area contributed by atoms with Crippen LogP contribution in [0.15, 0.2) is 109 Å². The molecule has 0 spiro atoms. The Labute approximate surface area is 393 Å². The van der Waals surface area contributed by atoms with Crippen LogP contribution in [0.1, 0.15) is 85.7 Å². The molecule has 2 radical (unpaired) electrons. The van der Waals surface area contributed by atoms with E-state index >= 15 is 0 Å². The zero-order chi connectivity index (χ0) is 43.9. The third-order valence-electron chi connectivity index (χ3n) is 10.9. The number of carboxylic acid groups (broad SMARTS) is 2. The van der Waals surface area contributed by atoms with E-state index in [0.717, 1.165) is 92.3 Å². The van der Waals surface area contributed by atoms with Crippen LogP contribution in [0.3, 0.4) is 0 Å². The zero-order valence-electron chi connectivity index (χ0n) is 34.5. The summed E-state index contributed by atoms with van der Waals surface area (Å²) in [6.45, 7) is 0. The van der Waals surface area contributed by atoms with Crippen molar-refractivity contribution in [1.29, 1.82) is 0 Å². The molecule has 2 fully saturated rings. The van der Waals surface area contributed by atoms with E-state index in [4.69, 9.17) is 20.2 Å². The number of fused-ring (bicyclic) bond motifs is 2. The van der Waals surface area contributed by atoms with Crippen LogP contribution in [0.2, 0.25) is 0 Å². The number of hydrogen-bond acceptors (Lipinski definition) is 8. The number of benzene rings is 4. The second-order valence-electron chi connectivity index (χ2n) is 16.0. The first-order chi connectivity index (χ1) is 29.8. The molecule has 2 saturated carbocycles. The van der Waals surface area contributed by atoms with Gasteiger partial charge in [0.1, 0.15) is 11.6 Å². The van der Waals surface area contributed by atoms with E-state index in [0.29, 0.717) is 11.8 Å². The van der Waals surface area contributed by atoms with Gasteiger partial charge in [0.05, 0.1) is 59.7 Å². The van der Waals surface area contributed by atoms with Crippen molar-refractivity contribution in [3.05, 3.63) is 143 Å². The average molecular weight is 883 g/mol. The molecule has 8 rings (SSSR count). The van der Waals surface area contributed by atoms with Gasteiger partial charge in [-0.1, -0.05) is 85.0 Å². The summed E-state index contributed by atoms with van der Waals surface area (Å²) in [4.78, 5) is 31.3. The molecule has 322 valence electrons. The average Bonchev–Trinajstić information content (AvgIpc) is 4.17. The summed E-state index contributed by atoms with van der Waals surface area (Å²) in [5.41, 5.74) is 8.85. The van der Waals surface area contributed by atoms with Crippen LogP contribution in [0.25, 0.3) is 56.2 Å². The van der Waals surface area contributed by atoms with Crippen molar-refractivity contribution in [2.75, 3.05) is 0 Å². The Morgan fingerprint density at radius 1 is 0.571 bits per heavy atom. The van der Waals surface area contributed by atoms with Crippen LogP contribution in [0.4, 0.5) is 8.78 Å². The van der Waals surface area contributed by atoms with Crippen LogP contribution < -0.4 is 0 Å². The quantitative estimate of drug-likeness (QED) is 0.0515. The number of aliphatic carboxylic acids is 2. The molecule has 2 aliphatic carbocycles. The Kier molecular flexibility index (Phi) is 16.3. The van der Waals surface area contributed by atoms with Gasteiger partial charge < -0.3 is 30.6 Å². The number of carbonyl (C=O) groups is 2. The molecule has 0 unspecified atom stereocenters. The van der Waals surface area contributed by atoms with Crippen molar-refractivity contribution in [2.45, 2.75) is 87.6 Å². The van der Waals surface area contributed by atoms with E-state index in [-0.39, 0.29) is 62.2 Å². The number of aromatic nitrogens is 2.